The summed E-state index contributed by atoms with van der Waals surface area (Å²) in [5.41, 5.74) is 6.84. The molecule has 9 heteroatoms. The van der Waals surface area contributed by atoms with Crippen molar-refractivity contribution >= 4 is 59.0 Å². The van der Waals surface area contributed by atoms with Gasteiger partial charge in [0.2, 0.25) is 0 Å². The van der Waals surface area contributed by atoms with E-state index in [1.54, 1.807) is 31.1 Å². The smallest absolute Gasteiger partial charge is 0.251 e. The molecule has 1 aromatic carbocycles. The van der Waals surface area contributed by atoms with Gasteiger partial charge in [0, 0.05) is 24.1 Å². The van der Waals surface area contributed by atoms with Crippen molar-refractivity contribution in [2.45, 2.75) is 38.0 Å². The predicted molar refractivity (Wildman–Crippen MR) is 117 cm³/mol. The molecule has 1 amide bonds. The average Bonchev–Trinajstić information content (AvgIpc) is 3.00. The van der Waals surface area contributed by atoms with Crippen molar-refractivity contribution in [3.8, 4) is 0 Å². The third kappa shape index (κ3) is 6.44. The molecular weight excluding hydrogens is 490 g/mol. The summed E-state index contributed by atoms with van der Waals surface area (Å²) in [6, 6.07) is 5.22. The molecule has 3 unspecified atom stereocenters. The molecule has 0 spiro atoms. The van der Waals surface area contributed by atoms with Crippen molar-refractivity contribution in [3.05, 3.63) is 33.8 Å². The first-order chi connectivity index (χ1) is 11.8. The first-order valence-corrected chi connectivity index (χ1v) is 8.91. The Balaban J connectivity index is 0.00000338. The molecule has 0 saturated carbocycles. The van der Waals surface area contributed by atoms with Crippen molar-refractivity contribution in [2.75, 3.05) is 20.6 Å². The van der Waals surface area contributed by atoms with Crippen LogP contribution in [0.25, 0.3) is 0 Å². The molecule has 1 aliphatic rings. The Morgan fingerprint density at radius 2 is 2.12 bits per heavy atom. The molecule has 1 heterocycles. The summed E-state index contributed by atoms with van der Waals surface area (Å²) in [7, 11) is 3.45. The van der Waals surface area contributed by atoms with Gasteiger partial charge in [0.15, 0.2) is 5.96 Å². The number of aliphatic imine (C=N–C) groups is 1. The molecule has 1 aliphatic heterocycles. The zero-order valence-electron chi connectivity index (χ0n) is 15.0. The number of nitrogens with zero attached hydrogens (tertiary/aromatic N) is 2. The van der Waals surface area contributed by atoms with Crippen LogP contribution in [0.5, 0.6) is 0 Å². The lowest BCUT2D eigenvalue weighted by atomic mass is 10.1. The molecule has 2 rings (SSSR count). The zero-order chi connectivity index (χ0) is 18.6. The molecule has 0 radical (unpaired) electrons. The largest absolute Gasteiger partial charge is 0.370 e. The minimum absolute atomic E-state index is 0. The van der Waals surface area contributed by atoms with E-state index in [2.05, 4.69) is 10.3 Å². The summed E-state index contributed by atoms with van der Waals surface area (Å²) in [6.07, 6.45) is 1.03. The maximum absolute atomic E-state index is 11.9. The molecular formula is C17H25Cl2IN4O2. The molecule has 1 saturated heterocycles. The van der Waals surface area contributed by atoms with Crippen LogP contribution in [0.4, 0.5) is 0 Å². The lowest BCUT2D eigenvalue weighted by Gasteiger charge is -2.18. The van der Waals surface area contributed by atoms with E-state index in [-0.39, 0.29) is 48.1 Å². The predicted octanol–water partition coefficient (Wildman–Crippen LogP) is 3.21. The van der Waals surface area contributed by atoms with E-state index in [0.717, 1.165) is 12.0 Å². The summed E-state index contributed by atoms with van der Waals surface area (Å²) in [5.74, 6) is 0.299. The number of carbonyl (C=O) groups excluding carboxylic acids is 1. The summed E-state index contributed by atoms with van der Waals surface area (Å²) in [4.78, 5) is 17.8. The number of amides is 1. The Labute approximate surface area is 181 Å². The molecule has 1 aromatic rings. The number of halogens is 3. The average molecular weight is 515 g/mol. The number of carbonyl (C=O) groups is 1. The number of hydrogen-bond donors (Lipinski definition) is 2. The van der Waals surface area contributed by atoms with Crippen molar-refractivity contribution < 1.29 is 9.53 Å². The normalized spacial score (nSPS) is 21.0. The van der Waals surface area contributed by atoms with Gasteiger partial charge in [0.1, 0.15) is 6.10 Å². The highest BCUT2D eigenvalue weighted by atomic mass is 127. The molecule has 0 bridgehead atoms. The van der Waals surface area contributed by atoms with Gasteiger partial charge in [-0.15, -0.1) is 24.0 Å². The number of rotatable bonds is 5. The van der Waals surface area contributed by atoms with E-state index >= 15 is 0 Å². The fourth-order valence-corrected chi connectivity index (χ4v) is 3.28. The molecule has 26 heavy (non-hydrogen) atoms. The van der Waals surface area contributed by atoms with Gasteiger partial charge in [0.05, 0.1) is 18.7 Å². The Hall–Kier alpha value is -0.770. The second-order valence-electron chi connectivity index (χ2n) is 6.31. The maximum atomic E-state index is 11.9. The standard InChI is InChI=1S/C17H24Cl2N4O2.HI/c1-10(13-6-4-11(18)8-14(13)19)22-17(20)21-9-12-5-7-15(25-12)16(24)23(2)3;/h4,6,8,10,12,15H,5,7,9H2,1-3H3,(H3,20,21,22);1H. The van der Waals surface area contributed by atoms with Crippen LogP contribution in [0.3, 0.4) is 0 Å². The van der Waals surface area contributed by atoms with Crippen LogP contribution >= 0.6 is 47.2 Å². The molecule has 6 nitrogen and oxygen atoms in total. The van der Waals surface area contributed by atoms with Gasteiger partial charge in [-0.3, -0.25) is 9.79 Å². The lowest BCUT2D eigenvalue weighted by Crippen LogP contribution is -2.35. The fraction of sp³-hybridized carbons (Fsp3) is 0.529. The summed E-state index contributed by atoms with van der Waals surface area (Å²) in [6.45, 7) is 2.35. The Kier molecular flexibility index (Phi) is 9.43. The van der Waals surface area contributed by atoms with Crippen molar-refractivity contribution in [3.63, 3.8) is 0 Å². The number of hydrogen-bond acceptors (Lipinski definition) is 3. The minimum atomic E-state index is -0.379. The van der Waals surface area contributed by atoms with Crippen molar-refractivity contribution in [1.82, 2.24) is 10.2 Å². The first kappa shape index (κ1) is 23.3. The fourth-order valence-electron chi connectivity index (χ4n) is 2.71. The second-order valence-corrected chi connectivity index (χ2v) is 7.16. The van der Waals surface area contributed by atoms with Gasteiger partial charge >= 0.3 is 0 Å². The van der Waals surface area contributed by atoms with Crippen LogP contribution in [0, 0.1) is 0 Å². The quantitative estimate of drug-likeness (QED) is 0.359. The van der Waals surface area contributed by atoms with Crippen LogP contribution < -0.4 is 11.1 Å². The Bertz CT molecular complexity index is 658. The van der Waals surface area contributed by atoms with Crippen molar-refractivity contribution in [2.24, 2.45) is 10.7 Å². The third-order valence-electron chi connectivity index (χ3n) is 4.08. The minimum Gasteiger partial charge on any atom is -0.370 e. The topological polar surface area (TPSA) is 79.9 Å². The number of nitrogens with two attached hydrogens (primary N) is 1. The van der Waals surface area contributed by atoms with Gasteiger partial charge in [0.25, 0.3) is 5.91 Å². The van der Waals surface area contributed by atoms with E-state index in [4.69, 9.17) is 33.7 Å². The van der Waals surface area contributed by atoms with Gasteiger partial charge in [-0.1, -0.05) is 29.3 Å². The van der Waals surface area contributed by atoms with E-state index in [0.29, 0.717) is 29.0 Å². The maximum Gasteiger partial charge on any atom is 0.251 e. The SMILES string of the molecule is CC(NC(N)=NCC1CCC(C(=O)N(C)C)O1)c1ccc(Cl)cc1Cl.I. The monoisotopic (exact) mass is 514 g/mol. The lowest BCUT2D eigenvalue weighted by molar-refractivity contribution is -0.140. The number of benzene rings is 1. The van der Waals surface area contributed by atoms with Gasteiger partial charge in [-0.25, -0.2) is 0 Å². The van der Waals surface area contributed by atoms with Crippen LogP contribution in [0.2, 0.25) is 10.0 Å². The van der Waals surface area contributed by atoms with Crippen LogP contribution in [-0.4, -0.2) is 49.6 Å². The van der Waals surface area contributed by atoms with E-state index < -0.39 is 0 Å². The van der Waals surface area contributed by atoms with Gasteiger partial charge in [-0.2, -0.15) is 0 Å². The molecule has 0 aromatic heterocycles. The molecule has 1 fully saturated rings. The van der Waals surface area contributed by atoms with Crippen LogP contribution in [0.1, 0.15) is 31.4 Å². The third-order valence-corrected chi connectivity index (χ3v) is 4.64. The highest BCUT2D eigenvalue weighted by molar-refractivity contribution is 14.0. The first-order valence-electron chi connectivity index (χ1n) is 8.16. The van der Waals surface area contributed by atoms with Crippen molar-refractivity contribution in [1.29, 1.82) is 0 Å². The van der Waals surface area contributed by atoms with E-state index in [9.17, 15) is 4.79 Å². The van der Waals surface area contributed by atoms with E-state index in [1.165, 1.54) is 0 Å². The van der Waals surface area contributed by atoms with Gasteiger partial charge in [-0.05, 0) is 37.5 Å². The summed E-state index contributed by atoms with van der Waals surface area (Å²) >= 11 is 12.1. The van der Waals surface area contributed by atoms with E-state index in [1.807, 2.05) is 13.0 Å². The molecule has 3 atom stereocenters. The molecule has 0 aliphatic carbocycles. The summed E-state index contributed by atoms with van der Waals surface area (Å²) in [5, 5.41) is 4.26. The van der Waals surface area contributed by atoms with Crippen LogP contribution in [0.15, 0.2) is 23.2 Å². The highest BCUT2D eigenvalue weighted by Crippen LogP contribution is 2.26. The Morgan fingerprint density at radius 1 is 1.42 bits per heavy atom. The molecule has 3 N–H and O–H groups in total. The zero-order valence-corrected chi connectivity index (χ0v) is 18.9. The number of nitrogens with one attached hydrogen (secondary N) is 1. The number of guanidine groups is 1. The van der Waals surface area contributed by atoms with Gasteiger partial charge < -0.3 is 20.7 Å². The number of likely N-dealkylation sites (N-methyl/N-ethyl adjacent to an activating group) is 1. The second kappa shape index (κ2) is 10.5. The Morgan fingerprint density at radius 3 is 2.73 bits per heavy atom. The van der Waals surface area contributed by atoms with Crippen LogP contribution in [-0.2, 0) is 9.53 Å². The highest BCUT2D eigenvalue weighted by Gasteiger charge is 2.31. The number of ether oxygens (including phenoxy) is 1. The summed E-state index contributed by atoms with van der Waals surface area (Å²) < 4.78 is 5.74. The molecule has 146 valence electrons.